The van der Waals surface area contributed by atoms with Crippen LogP contribution in [-0.4, -0.2) is 31.1 Å². The maximum absolute atomic E-state index is 14.0. The standard InChI is InChI=1S/C17H23F2NO2/c1-20(22-2)16(21)17(18,19)12-13-8-10-15(11-9-13)14-6-4-3-5-7-14/h3-7,13,15H,8-12H2,1-2H3. The van der Waals surface area contributed by atoms with Crippen LogP contribution in [0.15, 0.2) is 30.3 Å². The third-order valence-electron chi connectivity index (χ3n) is 4.54. The fourth-order valence-corrected chi connectivity index (χ4v) is 3.19. The van der Waals surface area contributed by atoms with E-state index in [4.69, 9.17) is 0 Å². The lowest BCUT2D eigenvalue weighted by Crippen LogP contribution is -2.42. The van der Waals surface area contributed by atoms with E-state index in [0.29, 0.717) is 11.0 Å². The van der Waals surface area contributed by atoms with Gasteiger partial charge in [0, 0.05) is 13.5 Å². The van der Waals surface area contributed by atoms with Gasteiger partial charge in [-0.25, -0.2) is 5.06 Å². The first kappa shape index (κ1) is 16.9. The lowest BCUT2D eigenvalue weighted by molar-refractivity contribution is -0.196. The summed E-state index contributed by atoms with van der Waals surface area (Å²) in [5.41, 5.74) is 1.28. The van der Waals surface area contributed by atoms with Gasteiger partial charge >= 0.3 is 11.8 Å². The number of hydrogen-bond acceptors (Lipinski definition) is 2. The second-order valence-corrected chi connectivity index (χ2v) is 6.02. The van der Waals surface area contributed by atoms with Crippen LogP contribution in [0.3, 0.4) is 0 Å². The number of amides is 1. The number of rotatable bonds is 5. The summed E-state index contributed by atoms with van der Waals surface area (Å²) in [4.78, 5) is 16.2. The van der Waals surface area contributed by atoms with Crippen LogP contribution >= 0.6 is 0 Å². The molecule has 1 aromatic carbocycles. The van der Waals surface area contributed by atoms with Gasteiger partial charge in [-0.1, -0.05) is 30.3 Å². The molecule has 5 heteroatoms. The molecular formula is C17H23F2NO2. The van der Waals surface area contributed by atoms with E-state index >= 15 is 0 Å². The van der Waals surface area contributed by atoms with Crippen molar-refractivity contribution < 1.29 is 18.4 Å². The number of carbonyl (C=O) groups is 1. The highest BCUT2D eigenvalue weighted by Gasteiger charge is 2.44. The van der Waals surface area contributed by atoms with Crippen molar-refractivity contribution in [1.82, 2.24) is 5.06 Å². The average molecular weight is 311 g/mol. The molecule has 0 bridgehead atoms. The minimum atomic E-state index is -3.35. The molecule has 0 heterocycles. The molecule has 0 atom stereocenters. The van der Waals surface area contributed by atoms with Gasteiger partial charge in [0.05, 0.1) is 7.11 Å². The first-order valence-electron chi connectivity index (χ1n) is 7.69. The molecule has 22 heavy (non-hydrogen) atoms. The van der Waals surface area contributed by atoms with E-state index in [0.717, 1.165) is 25.7 Å². The fourth-order valence-electron chi connectivity index (χ4n) is 3.19. The maximum atomic E-state index is 14.0. The number of hydroxylamine groups is 2. The molecule has 1 fully saturated rings. The van der Waals surface area contributed by atoms with Crippen molar-refractivity contribution in [2.45, 2.75) is 43.9 Å². The molecule has 0 radical (unpaired) electrons. The Bertz CT molecular complexity index is 485. The van der Waals surface area contributed by atoms with Gasteiger partial charge in [0.2, 0.25) is 0 Å². The minimum absolute atomic E-state index is 0.107. The Balaban J connectivity index is 1.88. The molecule has 0 saturated heterocycles. The first-order chi connectivity index (χ1) is 10.4. The van der Waals surface area contributed by atoms with Crippen molar-refractivity contribution in [3.63, 3.8) is 0 Å². The molecule has 1 aromatic rings. The molecule has 1 aliphatic rings. The molecule has 0 aromatic heterocycles. The lowest BCUT2D eigenvalue weighted by atomic mass is 9.76. The molecule has 3 nitrogen and oxygen atoms in total. The predicted octanol–water partition coefficient (Wildman–Crippen LogP) is 4.01. The van der Waals surface area contributed by atoms with Gasteiger partial charge < -0.3 is 0 Å². The SMILES string of the molecule is CON(C)C(=O)C(F)(F)CC1CCC(c2ccccc2)CC1. The Labute approximate surface area is 130 Å². The normalized spacial score (nSPS) is 22.4. The summed E-state index contributed by atoms with van der Waals surface area (Å²) in [5, 5.41) is 0.607. The maximum Gasteiger partial charge on any atom is 0.327 e. The van der Waals surface area contributed by atoms with Gasteiger partial charge in [-0.05, 0) is 43.1 Å². The zero-order valence-corrected chi connectivity index (χ0v) is 13.1. The Morgan fingerprint density at radius 2 is 1.82 bits per heavy atom. The quantitative estimate of drug-likeness (QED) is 0.769. The second-order valence-electron chi connectivity index (χ2n) is 6.02. The van der Waals surface area contributed by atoms with E-state index < -0.39 is 11.8 Å². The Morgan fingerprint density at radius 3 is 2.36 bits per heavy atom. The third-order valence-corrected chi connectivity index (χ3v) is 4.54. The van der Waals surface area contributed by atoms with Gasteiger partial charge in [-0.3, -0.25) is 9.63 Å². The van der Waals surface area contributed by atoms with E-state index in [1.54, 1.807) is 0 Å². The monoisotopic (exact) mass is 311 g/mol. The molecule has 1 amide bonds. The molecule has 0 spiro atoms. The number of carbonyl (C=O) groups excluding carboxylic acids is 1. The van der Waals surface area contributed by atoms with Crippen LogP contribution in [0.2, 0.25) is 0 Å². The smallest absolute Gasteiger partial charge is 0.274 e. The number of hydrogen-bond donors (Lipinski definition) is 0. The molecule has 1 saturated carbocycles. The van der Waals surface area contributed by atoms with Gasteiger partial charge in [0.15, 0.2) is 0 Å². The van der Waals surface area contributed by atoms with Crippen LogP contribution in [-0.2, 0) is 9.63 Å². The van der Waals surface area contributed by atoms with Crippen molar-refractivity contribution in [3.8, 4) is 0 Å². The van der Waals surface area contributed by atoms with Crippen LogP contribution in [0, 0.1) is 5.92 Å². The Hall–Kier alpha value is -1.49. The Kier molecular flexibility index (Phi) is 5.51. The van der Waals surface area contributed by atoms with Crippen LogP contribution in [0.4, 0.5) is 8.78 Å². The number of nitrogens with zero attached hydrogens (tertiary/aromatic N) is 1. The summed E-state index contributed by atoms with van der Waals surface area (Å²) >= 11 is 0. The van der Waals surface area contributed by atoms with E-state index in [2.05, 4.69) is 17.0 Å². The van der Waals surface area contributed by atoms with E-state index in [9.17, 15) is 13.6 Å². The van der Waals surface area contributed by atoms with Crippen molar-refractivity contribution in [2.75, 3.05) is 14.2 Å². The minimum Gasteiger partial charge on any atom is -0.274 e. The Morgan fingerprint density at radius 1 is 1.23 bits per heavy atom. The zero-order valence-electron chi connectivity index (χ0n) is 13.1. The molecule has 122 valence electrons. The van der Waals surface area contributed by atoms with E-state index in [1.165, 1.54) is 19.7 Å². The highest BCUT2D eigenvalue weighted by Crippen LogP contribution is 2.40. The molecule has 0 unspecified atom stereocenters. The zero-order chi connectivity index (χ0) is 16.2. The lowest BCUT2D eigenvalue weighted by Gasteiger charge is -2.31. The highest BCUT2D eigenvalue weighted by atomic mass is 19.3. The number of benzene rings is 1. The largest absolute Gasteiger partial charge is 0.327 e. The van der Waals surface area contributed by atoms with Gasteiger partial charge in [0.1, 0.15) is 0 Å². The van der Waals surface area contributed by atoms with Crippen LogP contribution in [0.25, 0.3) is 0 Å². The van der Waals surface area contributed by atoms with Crippen LogP contribution in [0.5, 0.6) is 0 Å². The molecule has 1 aliphatic carbocycles. The molecule has 2 rings (SSSR count). The summed E-state index contributed by atoms with van der Waals surface area (Å²) in [6.45, 7) is 0. The summed E-state index contributed by atoms with van der Waals surface area (Å²) in [7, 11) is 2.42. The van der Waals surface area contributed by atoms with Crippen molar-refractivity contribution in [1.29, 1.82) is 0 Å². The molecule has 0 N–H and O–H groups in total. The summed E-state index contributed by atoms with van der Waals surface area (Å²) in [5.74, 6) is -4.28. The first-order valence-corrected chi connectivity index (χ1v) is 7.69. The topological polar surface area (TPSA) is 29.5 Å². The number of halogens is 2. The predicted molar refractivity (Wildman–Crippen MR) is 80.5 cm³/mol. The van der Waals surface area contributed by atoms with Crippen molar-refractivity contribution in [3.05, 3.63) is 35.9 Å². The van der Waals surface area contributed by atoms with Crippen molar-refractivity contribution in [2.24, 2.45) is 5.92 Å². The molecule has 0 aliphatic heterocycles. The second kappa shape index (κ2) is 7.18. The third kappa shape index (κ3) is 4.03. The number of alkyl halides is 2. The summed E-state index contributed by atoms with van der Waals surface area (Å²) in [6, 6.07) is 10.2. The highest BCUT2D eigenvalue weighted by molar-refractivity contribution is 5.82. The van der Waals surface area contributed by atoms with Crippen molar-refractivity contribution >= 4 is 5.91 Å². The molecular weight excluding hydrogens is 288 g/mol. The fraction of sp³-hybridized carbons (Fsp3) is 0.588. The van der Waals surface area contributed by atoms with E-state index in [1.807, 2.05) is 18.2 Å². The van der Waals surface area contributed by atoms with Crippen LogP contribution < -0.4 is 0 Å². The van der Waals surface area contributed by atoms with Gasteiger partial charge in [0.25, 0.3) is 0 Å². The van der Waals surface area contributed by atoms with Crippen LogP contribution in [0.1, 0.15) is 43.6 Å². The summed E-state index contributed by atoms with van der Waals surface area (Å²) < 4.78 is 28.0. The average Bonchev–Trinajstić information content (AvgIpc) is 2.54. The summed E-state index contributed by atoms with van der Waals surface area (Å²) in [6.07, 6.45) is 2.89. The van der Waals surface area contributed by atoms with Gasteiger partial charge in [-0.2, -0.15) is 8.78 Å². The van der Waals surface area contributed by atoms with E-state index in [-0.39, 0.29) is 12.3 Å². The van der Waals surface area contributed by atoms with Gasteiger partial charge in [-0.15, -0.1) is 0 Å².